The molecule has 0 aliphatic carbocycles. The van der Waals surface area contributed by atoms with E-state index in [4.69, 9.17) is 5.73 Å². The van der Waals surface area contributed by atoms with Gasteiger partial charge in [-0.25, -0.2) is 4.39 Å². The number of hydrogen-bond acceptors (Lipinski definition) is 5. The second kappa shape index (κ2) is 10.5. The zero-order valence-electron chi connectivity index (χ0n) is 19.8. The number of aromatic nitrogens is 1. The normalized spacial score (nSPS) is 17.8. The molecule has 9 heteroatoms. The lowest BCUT2D eigenvalue weighted by Gasteiger charge is -2.34. The van der Waals surface area contributed by atoms with Crippen molar-refractivity contribution in [3.8, 4) is 0 Å². The highest BCUT2D eigenvalue weighted by molar-refractivity contribution is 6.34. The van der Waals surface area contributed by atoms with Crippen molar-refractivity contribution in [2.45, 2.75) is 20.3 Å². The number of nitrogens with two attached hydrogens (primary N) is 1. The predicted octanol–water partition coefficient (Wildman–Crippen LogP) is 1.96. The van der Waals surface area contributed by atoms with Crippen molar-refractivity contribution in [3.63, 3.8) is 0 Å². The van der Waals surface area contributed by atoms with Gasteiger partial charge in [0.2, 0.25) is 0 Å². The van der Waals surface area contributed by atoms with Crippen LogP contribution in [0.1, 0.15) is 39.3 Å². The average Bonchev–Trinajstić information content (AvgIpc) is 3.27. The number of hydrogen-bond donors (Lipinski definition) is 4. The molecule has 0 spiro atoms. The van der Waals surface area contributed by atoms with Crippen molar-refractivity contribution >= 4 is 29.2 Å². The molecule has 34 heavy (non-hydrogen) atoms. The number of rotatable bonds is 8. The molecule has 1 aromatic heterocycles. The molecule has 0 saturated carbocycles. The number of halogens is 1. The molecular weight excluding hydrogens is 435 g/mol. The van der Waals surface area contributed by atoms with Crippen LogP contribution in [0.4, 0.5) is 10.1 Å². The van der Waals surface area contributed by atoms with Crippen LogP contribution in [-0.2, 0) is 4.79 Å². The summed E-state index contributed by atoms with van der Waals surface area (Å²) in [6.07, 6.45) is 2.56. The van der Waals surface area contributed by atoms with Crippen LogP contribution in [0.25, 0.3) is 11.6 Å². The summed E-state index contributed by atoms with van der Waals surface area (Å²) in [5.41, 5.74) is 9.85. The molecule has 3 heterocycles. The van der Waals surface area contributed by atoms with Crippen molar-refractivity contribution in [1.82, 2.24) is 20.1 Å². The molecule has 1 saturated heterocycles. The van der Waals surface area contributed by atoms with Crippen molar-refractivity contribution in [2.24, 2.45) is 5.73 Å². The Labute approximate surface area is 199 Å². The van der Waals surface area contributed by atoms with Gasteiger partial charge in [-0.15, -0.1) is 0 Å². The fourth-order valence-electron chi connectivity index (χ4n) is 4.72. The second-order valence-corrected chi connectivity index (χ2v) is 8.95. The molecule has 1 fully saturated rings. The summed E-state index contributed by atoms with van der Waals surface area (Å²) in [7, 11) is 0. The van der Waals surface area contributed by atoms with Gasteiger partial charge in [0.05, 0.1) is 11.1 Å². The van der Waals surface area contributed by atoms with Crippen LogP contribution in [0, 0.1) is 19.7 Å². The summed E-state index contributed by atoms with van der Waals surface area (Å²) >= 11 is 0. The largest absolute Gasteiger partial charge is 0.358 e. The molecule has 2 aliphatic rings. The molecule has 0 radical (unpaired) electrons. The minimum atomic E-state index is -0.405. The van der Waals surface area contributed by atoms with E-state index in [0.717, 1.165) is 56.9 Å². The van der Waals surface area contributed by atoms with E-state index in [1.165, 1.54) is 12.1 Å². The minimum Gasteiger partial charge on any atom is -0.358 e. The van der Waals surface area contributed by atoms with Gasteiger partial charge < -0.3 is 26.3 Å². The number of H-pyrrole nitrogens is 1. The highest BCUT2D eigenvalue weighted by Crippen LogP contribution is 2.34. The van der Waals surface area contributed by atoms with Crippen LogP contribution in [-0.4, -0.2) is 79.0 Å². The first-order valence-electron chi connectivity index (χ1n) is 11.8. The molecule has 5 N–H and O–H groups in total. The van der Waals surface area contributed by atoms with Crippen molar-refractivity contribution in [2.75, 3.05) is 57.7 Å². The van der Waals surface area contributed by atoms with E-state index in [-0.39, 0.29) is 11.8 Å². The summed E-state index contributed by atoms with van der Waals surface area (Å²) < 4.78 is 13.7. The number of carbonyl (C=O) groups is 2. The lowest BCUT2D eigenvalue weighted by molar-refractivity contribution is -0.110. The standard InChI is InChI=1S/C25H33FN6O2/c1-16-22(15-20-19-14-18(26)4-5-21(19)30-24(20)33)29-17(2)23(16)25(34)28-7-3-8-31-10-12-32(9-6-27)13-11-31/h4-5,14-15,29H,3,6-13,27H2,1-2H3,(H,28,34)(H,30,33)/b20-15-. The van der Waals surface area contributed by atoms with Gasteiger partial charge in [-0.1, -0.05) is 0 Å². The van der Waals surface area contributed by atoms with Gasteiger partial charge in [0.15, 0.2) is 0 Å². The fraction of sp³-hybridized carbons (Fsp3) is 0.440. The lowest BCUT2D eigenvalue weighted by Crippen LogP contribution is -2.48. The van der Waals surface area contributed by atoms with Crippen LogP contribution >= 0.6 is 0 Å². The number of amides is 2. The smallest absolute Gasteiger partial charge is 0.256 e. The van der Waals surface area contributed by atoms with Crippen LogP contribution in [0.3, 0.4) is 0 Å². The first kappa shape index (κ1) is 24.1. The molecular formula is C25H33FN6O2. The summed E-state index contributed by atoms with van der Waals surface area (Å²) in [6, 6.07) is 4.21. The zero-order chi connectivity index (χ0) is 24.2. The van der Waals surface area contributed by atoms with E-state index in [1.807, 2.05) is 13.8 Å². The Bertz CT molecular complexity index is 1100. The Hall–Kier alpha value is -3.01. The molecule has 0 atom stereocenters. The Morgan fingerprint density at radius 2 is 1.88 bits per heavy atom. The highest BCUT2D eigenvalue weighted by atomic mass is 19.1. The number of fused-ring (bicyclic) bond motifs is 1. The topological polar surface area (TPSA) is 106 Å². The number of nitrogens with zero attached hydrogens (tertiary/aromatic N) is 2. The quantitative estimate of drug-likeness (QED) is 0.350. The van der Waals surface area contributed by atoms with Crippen LogP contribution in [0.5, 0.6) is 0 Å². The first-order chi connectivity index (χ1) is 16.4. The Morgan fingerprint density at radius 1 is 1.18 bits per heavy atom. The van der Waals surface area contributed by atoms with Gasteiger partial charge in [0, 0.05) is 68.5 Å². The third-order valence-corrected chi connectivity index (χ3v) is 6.60. The number of nitrogens with one attached hydrogen (secondary N) is 3. The third-order valence-electron chi connectivity index (χ3n) is 6.60. The summed E-state index contributed by atoms with van der Waals surface area (Å²) in [5, 5.41) is 5.78. The molecule has 2 aromatic rings. The molecule has 2 aliphatic heterocycles. The number of anilines is 1. The molecule has 0 unspecified atom stereocenters. The van der Waals surface area contributed by atoms with Gasteiger partial charge in [0.25, 0.3) is 11.8 Å². The molecule has 0 bridgehead atoms. The van der Waals surface area contributed by atoms with Crippen LogP contribution in [0.15, 0.2) is 18.2 Å². The Kier molecular flexibility index (Phi) is 7.45. The van der Waals surface area contributed by atoms with E-state index in [0.29, 0.717) is 41.2 Å². The Balaban J connectivity index is 1.36. The number of piperazine rings is 1. The summed E-state index contributed by atoms with van der Waals surface area (Å²) in [6.45, 7) is 11.0. The maximum Gasteiger partial charge on any atom is 0.256 e. The van der Waals surface area contributed by atoms with E-state index in [9.17, 15) is 14.0 Å². The maximum atomic E-state index is 13.7. The van der Waals surface area contributed by atoms with E-state index in [1.54, 1.807) is 12.1 Å². The number of benzene rings is 1. The van der Waals surface area contributed by atoms with E-state index < -0.39 is 5.82 Å². The third kappa shape index (κ3) is 5.22. The number of aryl methyl sites for hydroxylation is 1. The average molecular weight is 469 g/mol. The number of carbonyl (C=O) groups excluding carboxylic acids is 2. The van der Waals surface area contributed by atoms with Gasteiger partial charge in [-0.2, -0.15) is 0 Å². The summed E-state index contributed by atoms with van der Waals surface area (Å²) in [5.74, 6) is -0.828. The van der Waals surface area contributed by atoms with Crippen LogP contribution < -0.4 is 16.4 Å². The zero-order valence-corrected chi connectivity index (χ0v) is 19.8. The number of aromatic amines is 1. The van der Waals surface area contributed by atoms with E-state index in [2.05, 4.69) is 25.4 Å². The predicted molar refractivity (Wildman–Crippen MR) is 132 cm³/mol. The van der Waals surface area contributed by atoms with Crippen molar-refractivity contribution < 1.29 is 14.0 Å². The SMILES string of the molecule is Cc1[nH]c(/C=C2\C(=O)Nc3ccc(F)cc32)c(C)c1C(=O)NCCCN1CCN(CCN)CC1. The highest BCUT2D eigenvalue weighted by Gasteiger charge is 2.26. The summed E-state index contributed by atoms with van der Waals surface area (Å²) in [4.78, 5) is 33.3. The molecule has 182 valence electrons. The molecule has 2 amide bonds. The van der Waals surface area contributed by atoms with Crippen LogP contribution in [0.2, 0.25) is 0 Å². The lowest BCUT2D eigenvalue weighted by atomic mass is 10.0. The first-order valence-corrected chi connectivity index (χ1v) is 11.8. The fourth-order valence-corrected chi connectivity index (χ4v) is 4.72. The van der Waals surface area contributed by atoms with Gasteiger partial charge in [0.1, 0.15) is 5.82 Å². The Morgan fingerprint density at radius 3 is 2.59 bits per heavy atom. The monoisotopic (exact) mass is 468 g/mol. The van der Waals surface area contributed by atoms with Crippen molar-refractivity contribution in [1.29, 1.82) is 0 Å². The van der Waals surface area contributed by atoms with Gasteiger partial charge >= 0.3 is 0 Å². The minimum absolute atomic E-state index is 0.133. The van der Waals surface area contributed by atoms with E-state index >= 15 is 0 Å². The molecule has 8 nitrogen and oxygen atoms in total. The second-order valence-electron chi connectivity index (χ2n) is 8.95. The molecule has 4 rings (SSSR count). The van der Waals surface area contributed by atoms with Gasteiger partial charge in [-0.05, 0) is 56.7 Å². The van der Waals surface area contributed by atoms with Crippen molar-refractivity contribution in [3.05, 3.63) is 52.1 Å². The molecule has 1 aromatic carbocycles. The maximum absolute atomic E-state index is 13.7. The van der Waals surface area contributed by atoms with Gasteiger partial charge in [-0.3, -0.25) is 14.5 Å².